The molecule has 120 valence electrons. The van der Waals surface area contributed by atoms with Gasteiger partial charge in [0, 0.05) is 25.0 Å². The van der Waals surface area contributed by atoms with Crippen molar-refractivity contribution in [2.45, 2.75) is 19.6 Å². The van der Waals surface area contributed by atoms with Crippen LogP contribution in [0.15, 0.2) is 48.8 Å². The zero-order valence-electron chi connectivity index (χ0n) is 13.1. The molecule has 0 aliphatic carbocycles. The lowest BCUT2D eigenvalue weighted by atomic mass is 10.1. The Morgan fingerprint density at radius 1 is 1.26 bits per heavy atom. The van der Waals surface area contributed by atoms with Crippen LogP contribution in [0.1, 0.15) is 22.8 Å². The van der Waals surface area contributed by atoms with E-state index in [9.17, 15) is 9.59 Å². The van der Waals surface area contributed by atoms with Gasteiger partial charge >= 0.3 is 0 Å². The number of para-hydroxylation sites is 1. The van der Waals surface area contributed by atoms with Crippen LogP contribution >= 0.6 is 0 Å². The number of nitrogens with zero attached hydrogens (tertiary/aromatic N) is 2. The number of likely N-dealkylation sites (N-methyl/N-ethyl adjacent to an activating group) is 1. The van der Waals surface area contributed by atoms with E-state index >= 15 is 0 Å². The molecule has 23 heavy (non-hydrogen) atoms. The van der Waals surface area contributed by atoms with Crippen molar-refractivity contribution in [1.29, 1.82) is 0 Å². The fourth-order valence-electron chi connectivity index (χ4n) is 1.97. The van der Waals surface area contributed by atoms with E-state index in [0.717, 1.165) is 5.56 Å². The largest absolute Gasteiger partial charge is 0.488 e. The molecule has 1 heterocycles. The SMILES string of the molecule is C[C@H](C(N)=O)N(C)C(=O)c1ccccc1OCc1cccnc1. The number of primary amides is 1. The van der Waals surface area contributed by atoms with Crippen molar-refractivity contribution in [2.24, 2.45) is 5.73 Å². The predicted octanol–water partition coefficient (Wildman–Crippen LogP) is 1.61. The molecule has 2 rings (SSSR count). The van der Waals surface area contributed by atoms with Gasteiger partial charge in [-0.3, -0.25) is 14.6 Å². The first-order valence-corrected chi connectivity index (χ1v) is 7.18. The molecule has 0 fully saturated rings. The highest BCUT2D eigenvalue weighted by Gasteiger charge is 2.23. The van der Waals surface area contributed by atoms with Gasteiger partial charge in [0.05, 0.1) is 5.56 Å². The van der Waals surface area contributed by atoms with E-state index in [2.05, 4.69) is 4.98 Å². The Morgan fingerprint density at radius 3 is 2.65 bits per heavy atom. The Bertz CT molecular complexity index is 688. The maximum atomic E-state index is 12.5. The van der Waals surface area contributed by atoms with Crippen LogP contribution in [-0.4, -0.2) is 34.8 Å². The van der Waals surface area contributed by atoms with Crippen LogP contribution < -0.4 is 10.5 Å². The molecule has 1 aromatic carbocycles. The third-order valence-corrected chi connectivity index (χ3v) is 3.55. The van der Waals surface area contributed by atoms with Crippen LogP contribution in [0.3, 0.4) is 0 Å². The number of carbonyl (C=O) groups is 2. The molecule has 6 heteroatoms. The third-order valence-electron chi connectivity index (χ3n) is 3.55. The molecule has 0 aliphatic rings. The highest BCUT2D eigenvalue weighted by molar-refractivity contribution is 5.99. The van der Waals surface area contributed by atoms with E-state index in [0.29, 0.717) is 17.9 Å². The lowest BCUT2D eigenvalue weighted by Gasteiger charge is -2.23. The fraction of sp³-hybridized carbons (Fsp3) is 0.235. The van der Waals surface area contributed by atoms with Gasteiger partial charge in [-0.25, -0.2) is 0 Å². The van der Waals surface area contributed by atoms with Crippen LogP contribution in [0.4, 0.5) is 0 Å². The normalized spacial score (nSPS) is 11.6. The van der Waals surface area contributed by atoms with E-state index in [4.69, 9.17) is 10.5 Å². The average Bonchev–Trinajstić information content (AvgIpc) is 2.59. The number of hydrogen-bond donors (Lipinski definition) is 1. The second kappa shape index (κ2) is 7.40. The minimum atomic E-state index is -0.700. The molecular weight excluding hydrogens is 294 g/mol. The first kappa shape index (κ1) is 16.5. The molecule has 0 spiro atoms. The number of hydrogen-bond acceptors (Lipinski definition) is 4. The Kier molecular flexibility index (Phi) is 5.30. The van der Waals surface area contributed by atoms with Crippen molar-refractivity contribution in [3.05, 3.63) is 59.9 Å². The van der Waals surface area contributed by atoms with Crippen molar-refractivity contribution in [3.8, 4) is 5.75 Å². The zero-order valence-corrected chi connectivity index (χ0v) is 13.1. The fourth-order valence-corrected chi connectivity index (χ4v) is 1.97. The highest BCUT2D eigenvalue weighted by Crippen LogP contribution is 2.21. The Labute approximate surface area is 134 Å². The number of pyridine rings is 1. The standard InChI is InChI=1S/C17H19N3O3/c1-12(16(18)21)20(2)17(22)14-7-3-4-8-15(14)23-11-13-6-5-9-19-10-13/h3-10,12H,11H2,1-2H3,(H2,18,21)/t12-/m1/s1. The molecule has 2 amide bonds. The number of ether oxygens (including phenoxy) is 1. The number of nitrogens with two attached hydrogens (primary N) is 1. The van der Waals surface area contributed by atoms with Crippen LogP contribution in [0.25, 0.3) is 0 Å². The molecule has 1 atom stereocenters. The first-order chi connectivity index (χ1) is 11.0. The quantitative estimate of drug-likeness (QED) is 0.878. The van der Waals surface area contributed by atoms with E-state index in [1.807, 2.05) is 12.1 Å². The summed E-state index contributed by atoms with van der Waals surface area (Å²) in [5.74, 6) is -0.433. The minimum Gasteiger partial charge on any atom is -0.488 e. The summed E-state index contributed by atoms with van der Waals surface area (Å²) in [6, 6.07) is 9.91. The van der Waals surface area contributed by atoms with Gasteiger partial charge in [0.2, 0.25) is 5.91 Å². The number of benzene rings is 1. The summed E-state index contributed by atoms with van der Waals surface area (Å²) in [6.07, 6.45) is 3.38. The Balaban J connectivity index is 2.17. The van der Waals surface area contributed by atoms with Gasteiger partial charge in [0.15, 0.2) is 0 Å². The van der Waals surface area contributed by atoms with Crippen LogP contribution in [0.2, 0.25) is 0 Å². The van der Waals surface area contributed by atoms with Crippen molar-refractivity contribution in [3.63, 3.8) is 0 Å². The molecule has 0 radical (unpaired) electrons. The summed E-state index contributed by atoms with van der Waals surface area (Å²) in [5, 5.41) is 0. The van der Waals surface area contributed by atoms with Gasteiger partial charge in [0.25, 0.3) is 5.91 Å². The van der Waals surface area contributed by atoms with E-state index in [1.54, 1.807) is 43.6 Å². The van der Waals surface area contributed by atoms with Crippen LogP contribution in [-0.2, 0) is 11.4 Å². The van der Waals surface area contributed by atoms with E-state index in [1.165, 1.54) is 11.9 Å². The lowest BCUT2D eigenvalue weighted by molar-refractivity contribution is -0.121. The van der Waals surface area contributed by atoms with Gasteiger partial charge in [-0.05, 0) is 25.1 Å². The topological polar surface area (TPSA) is 85.5 Å². The Hall–Kier alpha value is -2.89. The van der Waals surface area contributed by atoms with Gasteiger partial charge < -0.3 is 15.4 Å². The minimum absolute atomic E-state index is 0.299. The zero-order chi connectivity index (χ0) is 16.8. The summed E-state index contributed by atoms with van der Waals surface area (Å²) < 4.78 is 5.73. The molecule has 0 saturated heterocycles. The molecular formula is C17H19N3O3. The summed E-state index contributed by atoms with van der Waals surface area (Å²) >= 11 is 0. The molecule has 6 nitrogen and oxygen atoms in total. The summed E-state index contributed by atoms with van der Waals surface area (Å²) in [4.78, 5) is 29.1. The van der Waals surface area contributed by atoms with Gasteiger partial charge in [0.1, 0.15) is 18.4 Å². The first-order valence-electron chi connectivity index (χ1n) is 7.18. The average molecular weight is 313 g/mol. The third kappa shape index (κ3) is 4.06. The second-order valence-corrected chi connectivity index (χ2v) is 5.14. The van der Waals surface area contributed by atoms with Crippen LogP contribution in [0, 0.1) is 0 Å². The van der Waals surface area contributed by atoms with Crippen LogP contribution in [0.5, 0.6) is 5.75 Å². The van der Waals surface area contributed by atoms with Gasteiger partial charge in [-0.1, -0.05) is 18.2 Å². The molecule has 2 aromatic rings. The smallest absolute Gasteiger partial charge is 0.258 e. The molecule has 0 unspecified atom stereocenters. The van der Waals surface area contributed by atoms with Crippen molar-refractivity contribution >= 4 is 11.8 Å². The number of carbonyl (C=O) groups excluding carboxylic acids is 2. The molecule has 0 aliphatic heterocycles. The van der Waals surface area contributed by atoms with Crippen molar-refractivity contribution in [1.82, 2.24) is 9.88 Å². The van der Waals surface area contributed by atoms with Gasteiger partial charge in [-0.2, -0.15) is 0 Å². The number of amides is 2. The van der Waals surface area contributed by atoms with E-state index < -0.39 is 11.9 Å². The summed E-state index contributed by atoms with van der Waals surface area (Å²) in [7, 11) is 1.54. The van der Waals surface area contributed by atoms with E-state index in [-0.39, 0.29) is 5.91 Å². The maximum absolute atomic E-state index is 12.5. The molecule has 2 N–H and O–H groups in total. The summed E-state index contributed by atoms with van der Waals surface area (Å²) in [6.45, 7) is 1.88. The Morgan fingerprint density at radius 2 is 2.00 bits per heavy atom. The molecule has 0 bridgehead atoms. The maximum Gasteiger partial charge on any atom is 0.258 e. The number of rotatable bonds is 6. The monoisotopic (exact) mass is 313 g/mol. The molecule has 1 aromatic heterocycles. The second-order valence-electron chi connectivity index (χ2n) is 5.14. The number of aromatic nitrogens is 1. The summed E-state index contributed by atoms with van der Waals surface area (Å²) in [5.41, 5.74) is 6.53. The van der Waals surface area contributed by atoms with Crippen molar-refractivity contribution in [2.75, 3.05) is 7.05 Å². The predicted molar refractivity (Wildman–Crippen MR) is 85.8 cm³/mol. The van der Waals surface area contributed by atoms with Gasteiger partial charge in [-0.15, -0.1) is 0 Å². The highest BCUT2D eigenvalue weighted by atomic mass is 16.5. The van der Waals surface area contributed by atoms with Crippen molar-refractivity contribution < 1.29 is 14.3 Å². The lowest BCUT2D eigenvalue weighted by Crippen LogP contribution is -2.43. The molecule has 0 saturated carbocycles.